The van der Waals surface area contributed by atoms with Crippen LogP contribution >= 0.6 is 34.7 Å². The quantitative estimate of drug-likeness (QED) is 0.162. The molecule has 1 N–H and O–H groups in total. The highest BCUT2D eigenvalue weighted by Crippen LogP contribution is 2.41. The first-order valence-corrected chi connectivity index (χ1v) is 11.6. The zero-order valence-corrected chi connectivity index (χ0v) is 19.3. The Hall–Kier alpha value is -3.15. The van der Waals surface area contributed by atoms with Crippen LogP contribution in [0.5, 0.6) is 0 Å². The molecule has 1 heterocycles. The van der Waals surface area contributed by atoms with Gasteiger partial charge in [-0.3, -0.25) is 14.9 Å². The number of thioether (sulfide) groups is 1. The molecule has 1 amide bonds. The van der Waals surface area contributed by atoms with Gasteiger partial charge in [0, 0.05) is 12.1 Å². The molecule has 0 saturated heterocycles. The molecule has 3 aromatic carbocycles. The number of hydrogen-bond donors (Lipinski definition) is 1. The van der Waals surface area contributed by atoms with Crippen molar-refractivity contribution < 1.29 is 22.9 Å². The van der Waals surface area contributed by atoms with E-state index in [9.17, 15) is 28.1 Å². The Bertz CT molecular complexity index is 1380. The third-order valence-corrected chi connectivity index (χ3v) is 7.37. The van der Waals surface area contributed by atoms with E-state index in [0.717, 1.165) is 30.0 Å². The summed E-state index contributed by atoms with van der Waals surface area (Å²) in [7, 11) is 0. The van der Waals surface area contributed by atoms with E-state index in [1.807, 2.05) is 0 Å². The molecule has 1 atom stereocenters. The van der Waals surface area contributed by atoms with Crippen LogP contribution in [0.15, 0.2) is 71.1 Å². The number of fused-ring (bicyclic) bond motifs is 1. The van der Waals surface area contributed by atoms with E-state index >= 15 is 0 Å². The lowest BCUT2D eigenvalue weighted by atomic mass is 10.1. The highest BCUT2D eigenvalue weighted by atomic mass is 35.5. The van der Waals surface area contributed by atoms with Crippen molar-refractivity contribution in [2.75, 3.05) is 5.32 Å². The number of alkyl halides is 3. The number of rotatable bonds is 6. The maximum absolute atomic E-state index is 13.2. The maximum atomic E-state index is 13.2. The molecular weight excluding hydrogens is 511 g/mol. The molecule has 0 aliphatic rings. The van der Waals surface area contributed by atoms with Crippen molar-refractivity contribution in [3.8, 4) is 0 Å². The molecule has 0 aliphatic heterocycles. The Morgan fingerprint density at radius 3 is 2.53 bits per heavy atom. The Balaban J connectivity index is 1.66. The maximum Gasteiger partial charge on any atom is 0.416 e. The summed E-state index contributed by atoms with van der Waals surface area (Å²) in [5.41, 5.74) is -0.0550. The number of nitro groups is 1. The van der Waals surface area contributed by atoms with Gasteiger partial charge in [-0.2, -0.15) is 13.2 Å². The van der Waals surface area contributed by atoms with E-state index in [0.29, 0.717) is 20.1 Å². The van der Waals surface area contributed by atoms with Crippen molar-refractivity contribution in [3.05, 3.63) is 93.0 Å². The van der Waals surface area contributed by atoms with Gasteiger partial charge in [-0.15, -0.1) is 11.3 Å². The molecule has 0 spiro atoms. The van der Waals surface area contributed by atoms with Crippen molar-refractivity contribution in [1.29, 1.82) is 0 Å². The molecule has 0 saturated carbocycles. The van der Waals surface area contributed by atoms with E-state index in [4.69, 9.17) is 11.6 Å². The SMILES string of the molecule is O=C(Nc1cc(C(F)(F)F)ccc1Cl)[C@H](Sc1nc2ccc([N+](=O)[O-])cc2s1)c1ccccc1. The van der Waals surface area contributed by atoms with Gasteiger partial charge in [0.05, 0.1) is 31.4 Å². The molecule has 34 heavy (non-hydrogen) atoms. The Morgan fingerprint density at radius 2 is 1.85 bits per heavy atom. The Labute approximate surface area is 203 Å². The normalized spacial score (nSPS) is 12.5. The molecule has 0 fully saturated rings. The molecule has 1 aromatic heterocycles. The highest BCUT2D eigenvalue weighted by Gasteiger charge is 2.32. The van der Waals surface area contributed by atoms with Crippen LogP contribution in [0.1, 0.15) is 16.4 Å². The number of nitrogens with one attached hydrogen (secondary N) is 1. The lowest BCUT2D eigenvalue weighted by molar-refractivity contribution is -0.384. The number of amides is 1. The number of anilines is 1. The second-order valence-corrected chi connectivity index (χ2v) is 9.77. The summed E-state index contributed by atoms with van der Waals surface area (Å²) in [5.74, 6) is -0.595. The number of thiazole rings is 1. The summed E-state index contributed by atoms with van der Waals surface area (Å²) >= 11 is 8.30. The summed E-state index contributed by atoms with van der Waals surface area (Å²) in [4.78, 5) is 28.2. The smallest absolute Gasteiger partial charge is 0.323 e. The fraction of sp³-hybridized carbons (Fsp3) is 0.0909. The third-order valence-electron chi connectivity index (χ3n) is 4.67. The summed E-state index contributed by atoms with van der Waals surface area (Å²) < 4.78 is 40.4. The third kappa shape index (κ3) is 5.32. The van der Waals surface area contributed by atoms with E-state index in [1.54, 1.807) is 30.3 Å². The molecule has 0 unspecified atom stereocenters. The van der Waals surface area contributed by atoms with Crippen LogP contribution in [-0.4, -0.2) is 15.8 Å². The summed E-state index contributed by atoms with van der Waals surface area (Å²) in [6, 6.07) is 15.6. The highest BCUT2D eigenvalue weighted by molar-refractivity contribution is 8.02. The van der Waals surface area contributed by atoms with E-state index in [2.05, 4.69) is 10.3 Å². The minimum absolute atomic E-state index is 0.0366. The van der Waals surface area contributed by atoms with E-state index < -0.39 is 27.8 Å². The molecule has 6 nitrogen and oxygen atoms in total. The van der Waals surface area contributed by atoms with Crippen LogP contribution in [0.3, 0.4) is 0 Å². The average molecular weight is 524 g/mol. The second-order valence-electron chi connectivity index (χ2n) is 6.98. The summed E-state index contributed by atoms with van der Waals surface area (Å²) in [6.45, 7) is 0. The topological polar surface area (TPSA) is 85.1 Å². The van der Waals surface area contributed by atoms with Crippen molar-refractivity contribution in [2.24, 2.45) is 0 Å². The molecule has 0 radical (unpaired) electrons. The Kier molecular flexibility index (Phi) is 6.78. The number of non-ortho nitro benzene ring substituents is 1. The Morgan fingerprint density at radius 1 is 1.12 bits per heavy atom. The number of aromatic nitrogens is 1. The first-order valence-electron chi connectivity index (χ1n) is 9.56. The van der Waals surface area contributed by atoms with Crippen LogP contribution in [0.2, 0.25) is 5.02 Å². The molecule has 12 heteroatoms. The first-order chi connectivity index (χ1) is 16.1. The predicted molar refractivity (Wildman–Crippen MR) is 126 cm³/mol. The van der Waals surface area contributed by atoms with E-state index in [1.165, 1.54) is 29.5 Å². The van der Waals surface area contributed by atoms with Gasteiger partial charge in [0.25, 0.3) is 5.69 Å². The van der Waals surface area contributed by atoms with Crippen molar-refractivity contribution in [2.45, 2.75) is 15.8 Å². The van der Waals surface area contributed by atoms with Crippen LogP contribution < -0.4 is 5.32 Å². The minimum Gasteiger partial charge on any atom is -0.323 e. The molecule has 4 rings (SSSR count). The monoisotopic (exact) mass is 523 g/mol. The lowest BCUT2D eigenvalue weighted by Gasteiger charge is -2.17. The van der Waals surface area contributed by atoms with E-state index in [-0.39, 0.29) is 16.4 Å². The van der Waals surface area contributed by atoms with Gasteiger partial charge >= 0.3 is 6.18 Å². The van der Waals surface area contributed by atoms with Crippen molar-refractivity contribution in [3.63, 3.8) is 0 Å². The van der Waals surface area contributed by atoms with Gasteiger partial charge in [0.15, 0.2) is 4.34 Å². The molecule has 0 aliphatic carbocycles. The van der Waals surface area contributed by atoms with Gasteiger partial charge in [-0.05, 0) is 29.8 Å². The zero-order chi connectivity index (χ0) is 24.5. The van der Waals surface area contributed by atoms with Gasteiger partial charge in [0.2, 0.25) is 5.91 Å². The molecule has 4 aromatic rings. The largest absolute Gasteiger partial charge is 0.416 e. The van der Waals surface area contributed by atoms with Gasteiger partial charge in [-0.25, -0.2) is 4.98 Å². The predicted octanol–water partition coefficient (Wildman–Crippen LogP) is 7.35. The molecule has 0 bridgehead atoms. The number of benzene rings is 3. The first kappa shape index (κ1) is 24.0. The summed E-state index contributed by atoms with van der Waals surface area (Å²) in [6.07, 6.45) is -4.60. The molecule has 174 valence electrons. The van der Waals surface area contributed by atoms with Crippen LogP contribution in [0.4, 0.5) is 24.5 Å². The lowest BCUT2D eigenvalue weighted by Crippen LogP contribution is -2.19. The van der Waals surface area contributed by atoms with Gasteiger partial charge in [0.1, 0.15) is 5.25 Å². The number of halogens is 4. The van der Waals surface area contributed by atoms with Crippen LogP contribution in [0, 0.1) is 10.1 Å². The minimum atomic E-state index is -4.60. The van der Waals surface area contributed by atoms with Crippen LogP contribution in [0.25, 0.3) is 10.2 Å². The number of carbonyl (C=O) groups is 1. The number of nitrogens with zero attached hydrogens (tertiary/aromatic N) is 2. The van der Waals surface area contributed by atoms with Crippen molar-refractivity contribution >= 4 is 62.2 Å². The average Bonchev–Trinajstić information content (AvgIpc) is 3.20. The zero-order valence-electron chi connectivity index (χ0n) is 16.9. The fourth-order valence-electron chi connectivity index (χ4n) is 3.05. The number of hydrogen-bond acceptors (Lipinski definition) is 6. The fourth-order valence-corrected chi connectivity index (χ4v) is 5.51. The number of carbonyl (C=O) groups excluding carboxylic acids is 1. The second kappa shape index (κ2) is 9.61. The van der Waals surface area contributed by atoms with Crippen molar-refractivity contribution in [1.82, 2.24) is 4.98 Å². The molecular formula is C22H13ClF3N3O3S2. The van der Waals surface area contributed by atoms with Crippen LogP contribution in [-0.2, 0) is 11.0 Å². The van der Waals surface area contributed by atoms with Gasteiger partial charge < -0.3 is 5.32 Å². The van der Waals surface area contributed by atoms with Gasteiger partial charge in [-0.1, -0.05) is 53.7 Å². The summed E-state index contributed by atoms with van der Waals surface area (Å²) in [5, 5.41) is 12.6. The standard InChI is InChI=1S/C22H13ClF3N3O3S2/c23-15-8-6-13(22(24,25)26)10-17(15)27-20(30)19(12-4-2-1-3-5-12)34-21-28-16-9-7-14(29(31)32)11-18(16)33-21/h1-11,19H,(H,27,30)/t19-/m1/s1. The number of nitro benzene ring substituents is 1.